The van der Waals surface area contributed by atoms with Crippen molar-refractivity contribution in [2.45, 2.75) is 39.7 Å². The second-order valence-corrected chi connectivity index (χ2v) is 6.51. The zero-order chi connectivity index (χ0) is 19.4. The summed E-state index contributed by atoms with van der Waals surface area (Å²) in [5, 5.41) is 4.50. The summed E-state index contributed by atoms with van der Waals surface area (Å²) >= 11 is 0. The van der Waals surface area contributed by atoms with Gasteiger partial charge in [0.2, 0.25) is 5.91 Å². The summed E-state index contributed by atoms with van der Waals surface area (Å²) in [5.41, 5.74) is 2.75. The van der Waals surface area contributed by atoms with Gasteiger partial charge in [-0.3, -0.25) is 4.79 Å². The predicted molar refractivity (Wildman–Crippen MR) is 98.6 cm³/mol. The molecule has 142 valence electrons. The average Bonchev–Trinajstić information content (AvgIpc) is 3.06. The summed E-state index contributed by atoms with van der Waals surface area (Å²) in [5.74, 6) is -0.579. The maximum atomic E-state index is 12.4. The number of rotatable bonds is 6. The van der Waals surface area contributed by atoms with Crippen LogP contribution in [0.5, 0.6) is 0 Å². The Morgan fingerprint density at radius 2 is 1.89 bits per heavy atom. The third-order valence-electron chi connectivity index (χ3n) is 4.57. The lowest BCUT2D eigenvalue weighted by Gasteiger charge is -2.27. The average molecular weight is 369 g/mol. The van der Waals surface area contributed by atoms with Gasteiger partial charge < -0.3 is 14.4 Å². The molecule has 1 aromatic carbocycles. The van der Waals surface area contributed by atoms with Crippen LogP contribution in [-0.4, -0.2) is 45.5 Å². The fourth-order valence-electron chi connectivity index (χ4n) is 3.22. The molecule has 0 saturated heterocycles. The van der Waals surface area contributed by atoms with Gasteiger partial charge in [0.15, 0.2) is 5.69 Å². The van der Waals surface area contributed by atoms with Gasteiger partial charge in [0.25, 0.3) is 0 Å². The van der Waals surface area contributed by atoms with E-state index in [9.17, 15) is 14.4 Å². The van der Waals surface area contributed by atoms with Crippen LogP contribution < -0.4 is 0 Å². The highest BCUT2D eigenvalue weighted by Crippen LogP contribution is 2.26. The molecule has 0 aliphatic carbocycles. The Bertz CT molecular complexity index is 858. The number of esters is 1. The van der Waals surface area contributed by atoms with Gasteiger partial charge in [0, 0.05) is 37.9 Å². The smallest absolute Gasteiger partial charge is 0.359 e. The second-order valence-electron chi connectivity index (χ2n) is 6.51. The van der Waals surface area contributed by atoms with Crippen LogP contribution in [0.2, 0.25) is 0 Å². The lowest BCUT2D eigenvalue weighted by atomic mass is 10.0. The molecule has 2 heterocycles. The fourth-order valence-corrected chi connectivity index (χ4v) is 3.22. The highest BCUT2D eigenvalue weighted by atomic mass is 16.5. The molecule has 0 N–H and O–H groups in total. The van der Waals surface area contributed by atoms with Gasteiger partial charge in [-0.1, -0.05) is 18.2 Å². The fraction of sp³-hybridized carbons (Fsp3) is 0.400. The number of amides is 1. The third-order valence-corrected chi connectivity index (χ3v) is 4.57. The van der Waals surface area contributed by atoms with Crippen LogP contribution in [-0.2, 0) is 27.3 Å². The van der Waals surface area contributed by atoms with Crippen molar-refractivity contribution < 1.29 is 19.1 Å². The topological polar surface area (TPSA) is 81.5 Å². The second kappa shape index (κ2) is 8.16. The maximum Gasteiger partial charge on any atom is 0.359 e. The zero-order valence-electron chi connectivity index (χ0n) is 15.6. The van der Waals surface area contributed by atoms with E-state index in [0.29, 0.717) is 19.5 Å². The van der Waals surface area contributed by atoms with Crippen LogP contribution >= 0.6 is 0 Å². The minimum absolute atomic E-state index is 0.00911. The van der Waals surface area contributed by atoms with E-state index in [1.54, 1.807) is 16.5 Å². The molecule has 0 spiro atoms. The Labute approximate surface area is 157 Å². The molecular formula is C20H23N3O4. The molecule has 1 aliphatic heterocycles. The molecule has 1 aromatic heterocycles. The van der Waals surface area contributed by atoms with E-state index in [4.69, 9.17) is 4.74 Å². The third kappa shape index (κ3) is 4.07. The van der Waals surface area contributed by atoms with Crippen molar-refractivity contribution >= 4 is 17.7 Å². The lowest BCUT2D eigenvalue weighted by Crippen LogP contribution is -2.36. The van der Waals surface area contributed by atoms with Crippen LogP contribution in [0, 0.1) is 0 Å². The molecular weight excluding hydrogens is 346 g/mol. The van der Waals surface area contributed by atoms with E-state index in [0.717, 1.165) is 16.9 Å². The summed E-state index contributed by atoms with van der Waals surface area (Å²) in [4.78, 5) is 37.7. The zero-order valence-corrected chi connectivity index (χ0v) is 15.6. The van der Waals surface area contributed by atoms with E-state index < -0.39 is 5.97 Å². The van der Waals surface area contributed by atoms with Crippen LogP contribution in [0.3, 0.4) is 0 Å². The van der Waals surface area contributed by atoms with E-state index in [1.807, 2.05) is 30.3 Å². The molecule has 7 heteroatoms. The largest absolute Gasteiger partial charge is 0.461 e. The van der Waals surface area contributed by atoms with Gasteiger partial charge in [-0.05, 0) is 26.0 Å². The van der Waals surface area contributed by atoms with E-state index in [2.05, 4.69) is 5.10 Å². The number of aromatic nitrogens is 2. The number of Topliss-reactive ketones (excluding diaryl/α,β-unsaturated/α-hetero) is 1. The number of fused-ring (bicyclic) bond motifs is 1. The van der Waals surface area contributed by atoms with Crippen molar-refractivity contribution in [3.63, 3.8) is 0 Å². The van der Waals surface area contributed by atoms with Gasteiger partial charge >= 0.3 is 5.97 Å². The summed E-state index contributed by atoms with van der Waals surface area (Å²) in [6.45, 7) is 4.31. The van der Waals surface area contributed by atoms with Gasteiger partial charge in [-0.25, -0.2) is 9.48 Å². The Balaban J connectivity index is 1.93. The first-order valence-corrected chi connectivity index (χ1v) is 9.11. The quantitative estimate of drug-likeness (QED) is 0.730. The standard InChI is InChI=1S/C20H23N3O4/c1-3-27-20(26)19-16-13-22(18(25)10-9-14(2)24)12-11-17(16)23(21-19)15-7-5-4-6-8-15/h4-8H,3,9-13H2,1-2H3. The Hall–Kier alpha value is -2.96. The van der Waals surface area contributed by atoms with Crippen molar-refractivity contribution in [2.75, 3.05) is 13.2 Å². The Kier molecular flexibility index (Phi) is 5.69. The Morgan fingerprint density at radius 1 is 1.15 bits per heavy atom. The summed E-state index contributed by atoms with van der Waals surface area (Å²) in [7, 11) is 0. The van der Waals surface area contributed by atoms with Gasteiger partial charge in [0.1, 0.15) is 5.78 Å². The lowest BCUT2D eigenvalue weighted by molar-refractivity contribution is -0.133. The van der Waals surface area contributed by atoms with Gasteiger partial charge in [-0.2, -0.15) is 5.10 Å². The first kappa shape index (κ1) is 18.8. The molecule has 0 saturated carbocycles. The molecule has 0 fully saturated rings. The van der Waals surface area contributed by atoms with E-state index in [1.165, 1.54) is 6.92 Å². The minimum atomic E-state index is -0.485. The van der Waals surface area contributed by atoms with E-state index >= 15 is 0 Å². The van der Waals surface area contributed by atoms with Gasteiger partial charge in [0.05, 0.1) is 18.0 Å². The molecule has 7 nitrogen and oxygen atoms in total. The Morgan fingerprint density at radius 3 is 2.56 bits per heavy atom. The molecule has 1 aliphatic rings. The summed E-state index contributed by atoms with van der Waals surface area (Å²) in [6, 6.07) is 9.59. The number of para-hydroxylation sites is 1. The first-order chi connectivity index (χ1) is 13.0. The van der Waals surface area contributed by atoms with Crippen LogP contribution in [0.1, 0.15) is 48.4 Å². The van der Waals surface area contributed by atoms with Crippen LogP contribution in [0.25, 0.3) is 5.69 Å². The molecule has 0 bridgehead atoms. The maximum absolute atomic E-state index is 12.4. The molecule has 0 unspecified atom stereocenters. The number of hydrogen-bond acceptors (Lipinski definition) is 5. The molecule has 2 aromatic rings. The van der Waals surface area contributed by atoms with Crippen molar-refractivity contribution in [1.29, 1.82) is 0 Å². The van der Waals surface area contributed by atoms with Crippen molar-refractivity contribution in [3.05, 3.63) is 47.3 Å². The highest BCUT2D eigenvalue weighted by Gasteiger charge is 2.31. The highest BCUT2D eigenvalue weighted by molar-refractivity contribution is 5.90. The molecule has 0 atom stereocenters. The number of hydrogen-bond donors (Lipinski definition) is 0. The normalized spacial score (nSPS) is 13.2. The molecule has 27 heavy (non-hydrogen) atoms. The summed E-state index contributed by atoms with van der Waals surface area (Å²) in [6.07, 6.45) is 1.00. The van der Waals surface area contributed by atoms with Crippen LogP contribution in [0.4, 0.5) is 0 Å². The first-order valence-electron chi connectivity index (χ1n) is 9.11. The SMILES string of the molecule is CCOC(=O)c1nn(-c2ccccc2)c2c1CN(C(=O)CCC(C)=O)CC2. The molecule has 0 radical (unpaired) electrons. The minimum Gasteiger partial charge on any atom is -0.461 e. The number of benzene rings is 1. The molecule has 3 rings (SSSR count). The number of nitrogens with zero attached hydrogens (tertiary/aromatic N) is 3. The number of ketones is 1. The van der Waals surface area contributed by atoms with Crippen molar-refractivity contribution in [1.82, 2.24) is 14.7 Å². The van der Waals surface area contributed by atoms with Crippen LogP contribution in [0.15, 0.2) is 30.3 Å². The summed E-state index contributed by atoms with van der Waals surface area (Å²) < 4.78 is 6.92. The van der Waals surface area contributed by atoms with Crippen molar-refractivity contribution in [2.24, 2.45) is 0 Å². The van der Waals surface area contributed by atoms with Gasteiger partial charge in [-0.15, -0.1) is 0 Å². The number of carbonyl (C=O) groups is 3. The number of ether oxygens (including phenoxy) is 1. The van der Waals surface area contributed by atoms with E-state index in [-0.39, 0.29) is 36.8 Å². The predicted octanol–water partition coefficient (Wildman–Crippen LogP) is 2.30. The number of carbonyl (C=O) groups excluding carboxylic acids is 3. The monoisotopic (exact) mass is 369 g/mol. The van der Waals surface area contributed by atoms with Crippen molar-refractivity contribution in [3.8, 4) is 5.69 Å². The molecule has 1 amide bonds.